The predicted octanol–water partition coefficient (Wildman–Crippen LogP) is 0.243. The number of nitrogens with zero attached hydrogens (tertiary/aromatic N) is 4. The standard InChI is InChI=1S/C18H16N4O5/c23-15(9-21-16(24)11-5-1-2-6-12(11)17(21)25)27-10-22-18(26)13-7-3-4-8-14(13)19-20-22/h1-4,7-8,11-12H,5-6,9-10H2/t11-,12+. The van der Waals surface area contributed by atoms with Gasteiger partial charge in [-0.15, -0.1) is 5.10 Å². The predicted molar refractivity (Wildman–Crippen MR) is 92.0 cm³/mol. The average molecular weight is 368 g/mol. The van der Waals surface area contributed by atoms with Crippen molar-refractivity contribution < 1.29 is 19.1 Å². The molecule has 27 heavy (non-hydrogen) atoms. The summed E-state index contributed by atoms with van der Waals surface area (Å²) in [6.07, 6.45) is 4.75. The zero-order chi connectivity index (χ0) is 19.0. The fourth-order valence-electron chi connectivity index (χ4n) is 3.44. The van der Waals surface area contributed by atoms with Gasteiger partial charge in [0.25, 0.3) is 5.56 Å². The third-order valence-corrected chi connectivity index (χ3v) is 4.86. The minimum Gasteiger partial charge on any atom is -0.441 e. The molecule has 2 atom stereocenters. The number of rotatable bonds is 4. The minimum absolute atomic E-state index is 0.352. The Labute approximate surface area is 153 Å². The number of hydrogen-bond donors (Lipinski definition) is 0. The van der Waals surface area contributed by atoms with E-state index in [1.54, 1.807) is 24.3 Å². The molecule has 1 aliphatic heterocycles. The second-order valence-electron chi connectivity index (χ2n) is 6.48. The minimum atomic E-state index is -0.787. The number of esters is 1. The van der Waals surface area contributed by atoms with Crippen LogP contribution in [0.4, 0.5) is 0 Å². The van der Waals surface area contributed by atoms with Gasteiger partial charge in [0.15, 0.2) is 6.73 Å². The summed E-state index contributed by atoms with van der Waals surface area (Å²) in [5.74, 6) is -2.29. The first-order chi connectivity index (χ1) is 13.1. The van der Waals surface area contributed by atoms with E-state index in [0.717, 1.165) is 9.58 Å². The second kappa shape index (κ2) is 6.75. The summed E-state index contributed by atoms with van der Waals surface area (Å²) in [7, 11) is 0. The summed E-state index contributed by atoms with van der Waals surface area (Å²) in [4.78, 5) is 50.0. The van der Waals surface area contributed by atoms with Gasteiger partial charge < -0.3 is 4.74 Å². The Morgan fingerprint density at radius 1 is 1.07 bits per heavy atom. The number of hydrogen-bond acceptors (Lipinski definition) is 7. The van der Waals surface area contributed by atoms with E-state index in [4.69, 9.17) is 4.74 Å². The van der Waals surface area contributed by atoms with E-state index in [2.05, 4.69) is 10.3 Å². The fraction of sp³-hybridized carbons (Fsp3) is 0.333. The van der Waals surface area contributed by atoms with Crippen LogP contribution in [-0.2, 0) is 25.9 Å². The molecule has 1 fully saturated rings. The Bertz CT molecular complexity index is 1000. The van der Waals surface area contributed by atoms with Crippen LogP contribution in [0.5, 0.6) is 0 Å². The molecule has 0 bridgehead atoms. The lowest BCUT2D eigenvalue weighted by Gasteiger charge is -2.14. The van der Waals surface area contributed by atoms with Crippen LogP contribution in [0, 0.1) is 11.8 Å². The molecule has 138 valence electrons. The molecule has 0 saturated carbocycles. The first-order valence-corrected chi connectivity index (χ1v) is 8.54. The SMILES string of the molecule is O=C(CN1C(=O)[C@H]2CC=CC[C@H]2C1=O)OCn1nnc2ccccc2c1=O. The summed E-state index contributed by atoms with van der Waals surface area (Å²) in [6.45, 7) is -0.916. The summed E-state index contributed by atoms with van der Waals surface area (Å²) in [5, 5.41) is 7.96. The third kappa shape index (κ3) is 3.01. The molecule has 1 aromatic carbocycles. The van der Waals surface area contributed by atoms with E-state index < -0.39 is 36.6 Å². The maximum absolute atomic E-state index is 12.3. The molecule has 9 heteroatoms. The summed E-state index contributed by atoms with van der Waals surface area (Å²) < 4.78 is 5.94. The normalized spacial score (nSPS) is 21.6. The smallest absolute Gasteiger partial charge is 0.327 e. The average Bonchev–Trinajstić information content (AvgIpc) is 2.93. The molecule has 2 aliphatic rings. The molecule has 0 unspecified atom stereocenters. The van der Waals surface area contributed by atoms with Gasteiger partial charge in [0, 0.05) is 0 Å². The molecular formula is C18H16N4O5. The molecule has 0 radical (unpaired) electrons. The summed E-state index contributed by atoms with van der Waals surface area (Å²) >= 11 is 0. The first kappa shape index (κ1) is 17.1. The number of aromatic nitrogens is 3. The van der Waals surface area contributed by atoms with E-state index in [0.29, 0.717) is 23.7 Å². The van der Waals surface area contributed by atoms with Gasteiger partial charge in [-0.2, -0.15) is 4.68 Å². The largest absolute Gasteiger partial charge is 0.441 e. The first-order valence-electron chi connectivity index (χ1n) is 8.54. The van der Waals surface area contributed by atoms with Crippen LogP contribution in [0.3, 0.4) is 0 Å². The molecule has 1 aliphatic carbocycles. The maximum atomic E-state index is 12.3. The van der Waals surface area contributed by atoms with Crippen LogP contribution in [0.1, 0.15) is 12.8 Å². The van der Waals surface area contributed by atoms with Crippen LogP contribution in [0.2, 0.25) is 0 Å². The Kier molecular flexibility index (Phi) is 4.27. The number of carbonyl (C=O) groups excluding carboxylic acids is 3. The lowest BCUT2D eigenvalue weighted by molar-refractivity contribution is -0.156. The van der Waals surface area contributed by atoms with Crippen molar-refractivity contribution in [1.82, 2.24) is 19.9 Å². The topological polar surface area (TPSA) is 111 Å². The van der Waals surface area contributed by atoms with Gasteiger partial charge >= 0.3 is 5.97 Å². The highest BCUT2D eigenvalue weighted by Gasteiger charge is 2.47. The van der Waals surface area contributed by atoms with Crippen molar-refractivity contribution in [2.75, 3.05) is 6.54 Å². The van der Waals surface area contributed by atoms with E-state index in [1.807, 2.05) is 12.2 Å². The van der Waals surface area contributed by atoms with Gasteiger partial charge in [0.1, 0.15) is 12.1 Å². The number of fused-ring (bicyclic) bond motifs is 2. The molecule has 4 rings (SSSR count). The highest BCUT2D eigenvalue weighted by atomic mass is 16.5. The Morgan fingerprint density at radius 2 is 1.74 bits per heavy atom. The fourth-order valence-corrected chi connectivity index (χ4v) is 3.44. The number of likely N-dealkylation sites (tertiary alicyclic amines) is 1. The Balaban J connectivity index is 1.42. The van der Waals surface area contributed by atoms with Gasteiger partial charge in [-0.1, -0.05) is 29.5 Å². The zero-order valence-corrected chi connectivity index (χ0v) is 14.3. The van der Waals surface area contributed by atoms with Crippen molar-refractivity contribution in [3.8, 4) is 0 Å². The van der Waals surface area contributed by atoms with Crippen molar-refractivity contribution in [1.29, 1.82) is 0 Å². The molecule has 1 aromatic heterocycles. The van der Waals surface area contributed by atoms with Gasteiger partial charge in [-0.25, -0.2) is 0 Å². The molecular weight excluding hydrogens is 352 g/mol. The summed E-state index contributed by atoms with van der Waals surface area (Å²) in [6, 6.07) is 6.68. The van der Waals surface area contributed by atoms with Crippen LogP contribution >= 0.6 is 0 Å². The van der Waals surface area contributed by atoms with Crippen molar-refractivity contribution in [2.24, 2.45) is 11.8 Å². The van der Waals surface area contributed by atoms with E-state index in [-0.39, 0.29) is 11.8 Å². The highest BCUT2D eigenvalue weighted by molar-refractivity contribution is 6.07. The molecule has 2 aromatic rings. The van der Waals surface area contributed by atoms with Crippen LogP contribution < -0.4 is 5.56 Å². The van der Waals surface area contributed by atoms with Crippen LogP contribution in [-0.4, -0.2) is 44.2 Å². The van der Waals surface area contributed by atoms with Gasteiger partial charge in [-0.3, -0.25) is 24.1 Å². The monoisotopic (exact) mass is 368 g/mol. The molecule has 9 nitrogen and oxygen atoms in total. The lowest BCUT2D eigenvalue weighted by Crippen LogP contribution is -2.37. The second-order valence-corrected chi connectivity index (χ2v) is 6.48. The zero-order valence-electron chi connectivity index (χ0n) is 14.3. The Morgan fingerprint density at radius 3 is 2.44 bits per heavy atom. The molecule has 0 N–H and O–H groups in total. The number of amides is 2. The highest BCUT2D eigenvalue weighted by Crippen LogP contribution is 2.34. The van der Waals surface area contributed by atoms with Crippen molar-refractivity contribution >= 4 is 28.7 Å². The number of carbonyl (C=O) groups is 3. The lowest BCUT2D eigenvalue weighted by atomic mass is 9.85. The van der Waals surface area contributed by atoms with Crippen molar-refractivity contribution in [3.63, 3.8) is 0 Å². The third-order valence-electron chi connectivity index (χ3n) is 4.86. The van der Waals surface area contributed by atoms with E-state index in [9.17, 15) is 19.2 Å². The van der Waals surface area contributed by atoms with E-state index >= 15 is 0 Å². The maximum Gasteiger partial charge on any atom is 0.327 e. The van der Waals surface area contributed by atoms with Gasteiger partial charge in [-0.05, 0) is 25.0 Å². The van der Waals surface area contributed by atoms with Crippen LogP contribution in [0.15, 0.2) is 41.2 Å². The van der Waals surface area contributed by atoms with Crippen LogP contribution in [0.25, 0.3) is 10.9 Å². The molecule has 1 saturated heterocycles. The van der Waals surface area contributed by atoms with Crippen molar-refractivity contribution in [3.05, 3.63) is 46.8 Å². The number of benzene rings is 1. The number of imide groups is 1. The van der Waals surface area contributed by atoms with E-state index in [1.165, 1.54) is 0 Å². The molecule has 2 amide bonds. The Hall–Kier alpha value is -3.36. The van der Waals surface area contributed by atoms with Gasteiger partial charge in [0.05, 0.1) is 17.2 Å². The summed E-state index contributed by atoms with van der Waals surface area (Å²) in [5.41, 5.74) is -0.00614. The molecule has 0 spiro atoms. The van der Waals surface area contributed by atoms with Crippen molar-refractivity contribution in [2.45, 2.75) is 19.6 Å². The number of ether oxygens (including phenoxy) is 1. The number of allylic oxidation sites excluding steroid dienone is 2. The van der Waals surface area contributed by atoms with Gasteiger partial charge in [0.2, 0.25) is 11.8 Å². The molecule has 2 heterocycles. The quantitative estimate of drug-likeness (QED) is 0.432.